The third-order valence-electron chi connectivity index (χ3n) is 4.50. The number of carboxylic acids is 1. The molecule has 1 aromatic rings. The Kier molecular flexibility index (Phi) is 6.38. The molecule has 2 rings (SSSR count). The fourth-order valence-electron chi connectivity index (χ4n) is 2.97. The average Bonchev–Trinajstić information content (AvgIpc) is 3.05. The average molecular weight is 384 g/mol. The number of primary sulfonamides is 1. The van der Waals surface area contributed by atoms with Crippen LogP contribution < -0.4 is 5.14 Å². The molecular formula is C17H24N2O6S. The molecule has 1 heterocycles. The van der Waals surface area contributed by atoms with E-state index >= 15 is 0 Å². The van der Waals surface area contributed by atoms with Gasteiger partial charge in [0, 0.05) is 25.3 Å². The molecule has 9 heteroatoms. The minimum Gasteiger partial charge on any atom is -0.481 e. The van der Waals surface area contributed by atoms with Gasteiger partial charge in [-0.05, 0) is 49.9 Å². The molecule has 1 aliphatic heterocycles. The lowest BCUT2D eigenvalue weighted by atomic mass is 10.0. The lowest BCUT2D eigenvalue weighted by Gasteiger charge is -2.25. The number of benzene rings is 1. The highest BCUT2D eigenvalue weighted by molar-refractivity contribution is 7.89. The number of nitrogens with two attached hydrogens (primary N) is 1. The van der Waals surface area contributed by atoms with E-state index in [4.69, 9.17) is 15.0 Å². The van der Waals surface area contributed by atoms with Gasteiger partial charge in [0.15, 0.2) is 0 Å². The lowest BCUT2D eigenvalue weighted by Crippen LogP contribution is -2.39. The van der Waals surface area contributed by atoms with E-state index < -0.39 is 21.9 Å². The normalized spacial score (nSPS) is 17.3. The Bertz CT molecular complexity index is 800. The topological polar surface area (TPSA) is 127 Å². The highest BCUT2D eigenvalue weighted by atomic mass is 32.2. The molecule has 0 spiro atoms. The fourth-order valence-corrected chi connectivity index (χ4v) is 3.85. The third kappa shape index (κ3) is 5.03. The van der Waals surface area contributed by atoms with E-state index in [1.54, 1.807) is 19.9 Å². The molecule has 1 atom stereocenters. The molecule has 8 nitrogen and oxygen atoms in total. The van der Waals surface area contributed by atoms with E-state index in [1.807, 2.05) is 0 Å². The number of hydrogen-bond acceptors (Lipinski definition) is 5. The summed E-state index contributed by atoms with van der Waals surface area (Å²) in [6.45, 7) is 4.22. The Morgan fingerprint density at radius 2 is 2.04 bits per heavy atom. The number of ether oxygens (including phenoxy) is 1. The number of aryl methyl sites for hydroxylation is 1. The van der Waals surface area contributed by atoms with Crippen molar-refractivity contribution in [3.8, 4) is 0 Å². The standard InChI is InChI=1S/C17H24N2O6S/c1-11-8-13(9-15(12(11)2)26(18,23)24)17(22)19(6-5-16(20)21)10-14-4-3-7-25-14/h8-9,14H,3-7,10H2,1-2H3,(H,20,21)(H2,18,23,24)/t14-/m0/s1. The quantitative estimate of drug-likeness (QED) is 0.723. The number of amides is 1. The Labute approximate surface area is 153 Å². The van der Waals surface area contributed by atoms with Crippen LogP contribution >= 0.6 is 0 Å². The van der Waals surface area contributed by atoms with Crippen molar-refractivity contribution < 1.29 is 27.9 Å². The van der Waals surface area contributed by atoms with Crippen LogP contribution in [-0.2, 0) is 19.6 Å². The van der Waals surface area contributed by atoms with Crippen molar-refractivity contribution in [2.24, 2.45) is 5.14 Å². The molecular weight excluding hydrogens is 360 g/mol. The van der Waals surface area contributed by atoms with Crippen molar-refractivity contribution in [2.45, 2.75) is 44.1 Å². The predicted octanol–water partition coefficient (Wildman–Crippen LogP) is 1.05. The zero-order valence-electron chi connectivity index (χ0n) is 14.9. The Morgan fingerprint density at radius 3 is 2.58 bits per heavy atom. The molecule has 0 radical (unpaired) electrons. The van der Waals surface area contributed by atoms with Gasteiger partial charge in [0.2, 0.25) is 10.0 Å². The van der Waals surface area contributed by atoms with Crippen molar-refractivity contribution in [1.29, 1.82) is 0 Å². The maximum atomic E-state index is 12.9. The van der Waals surface area contributed by atoms with E-state index in [-0.39, 0.29) is 36.1 Å². The fraction of sp³-hybridized carbons (Fsp3) is 0.529. The molecule has 3 N–H and O–H groups in total. The van der Waals surface area contributed by atoms with Gasteiger partial charge >= 0.3 is 5.97 Å². The highest BCUT2D eigenvalue weighted by Crippen LogP contribution is 2.22. The highest BCUT2D eigenvalue weighted by Gasteiger charge is 2.25. The summed E-state index contributed by atoms with van der Waals surface area (Å²) in [6, 6.07) is 2.85. The number of carbonyl (C=O) groups excluding carboxylic acids is 1. The van der Waals surface area contributed by atoms with Crippen LogP contribution in [0.5, 0.6) is 0 Å². The molecule has 0 unspecified atom stereocenters. The molecule has 26 heavy (non-hydrogen) atoms. The van der Waals surface area contributed by atoms with Crippen LogP contribution in [0.3, 0.4) is 0 Å². The maximum Gasteiger partial charge on any atom is 0.305 e. The largest absolute Gasteiger partial charge is 0.481 e. The molecule has 0 aromatic heterocycles. The molecule has 1 aliphatic rings. The van der Waals surface area contributed by atoms with Crippen molar-refractivity contribution in [1.82, 2.24) is 4.90 Å². The number of carboxylic acid groups (broad SMARTS) is 1. The van der Waals surface area contributed by atoms with Gasteiger partial charge in [0.05, 0.1) is 17.4 Å². The molecule has 1 saturated heterocycles. The number of hydrogen-bond donors (Lipinski definition) is 2. The lowest BCUT2D eigenvalue weighted by molar-refractivity contribution is -0.137. The van der Waals surface area contributed by atoms with Crippen LogP contribution in [0.15, 0.2) is 17.0 Å². The summed E-state index contributed by atoms with van der Waals surface area (Å²) in [7, 11) is -3.98. The minimum absolute atomic E-state index is 0.0195. The number of nitrogens with zero attached hydrogens (tertiary/aromatic N) is 1. The summed E-state index contributed by atoms with van der Waals surface area (Å²) in [4.78, 5) is 25.2. The molecule has 0 saturated carbocycles. The summed E-state index contributed by atoms with van der Waals surface area (Å²) in [5, 5.41) is 14.2. The zero-order valence-corrected chi connectivity index (χ0v) is 15.7. The van der Waals surface area contributed by atoms with Gasteiger partial charge in [-0.1, -0.05) is 0 Å². The first-order valence-corrected chi connectivity index (χ1v) is 9.91. The Morgan fingerprint density at radius 1 is 1.35 bits per heavy atom. The van der Waals surface area contributed by atoms with Crippen LogP contribution in [0, 0.1) is 13.8 Å². The van der Waals surface area contributed by atoms with Gasteiger partial charge in [0.1, 0.15) is 0 Å². The molecule has 1 aromatic carbocycles. The molecule has 0 aliphatic carbocycles. The van der Waals surface area contributed by atoms with Crippen LogP contribution in [-0.4, -0.2) is 56.1 Å². The van der Waals surface area contributed by atoms with Crippen LogP contribution in [0.1, 0.15) is 40.7 Å². The number of aliphatic carboxylic acids is 1. The summed E-state index contributed by atoms with van der Waals surface area (Å²) < 4.78 is 29.1. The van der Waals surface area contributed by atoms with Gasteiger partial charge in [0.25, 0.3) is 5.91 Å². The van der Waals surface area contributed by atoms with Crippen molar-refractivity contribution in [3.05, 3.63) is 28.8 Å². The summed E-state index contributed by atoms with van der Waals surface area (Å²) >= 11 is 0. The van der Waals surface area contributed by atoms with E-state index in [2.05, 4.69) is 0 Å². The predicted molar refractivity (Wildman–Crippen MR) is 94.4 cm³/mol. The third-order valence-corrected chi connectivity index (χ3v) is 5.54. The minimum atomic E-state index is -3.98. The zero-order chi connectivity index (χ0) is 19.5. The molecule has 0 bridgehead atoms. The van der Waals surface area contributed by atoms with Gasteiger partial charge in [-0.3, -0.25) is 9.59 Å². The van der Waals surface area contributed by atoms with Crippen molar-refractivity contribution in [2.75, 3.05) is 19.7 Å². The van der Waals surface area contributed by atoms with Gasteiger partial charge in [-0.15, -0.1) is 0 Å². The number of carbonyl (C=O) groups is 2. The summed E-state index contributed by atoms with van der Waals surface area (Å²) in [5.41, 5.74) is 1.27. The first kappa shape index (κ1) is 20.3. The van der Waals surface area contributed by atoms with Crippen molar-refractivity contribution in [3.63, 3.8) is 0 Å². The Hall–Kier alpha value is -1.97. The second kappa shape index (κ2) is 8.15. The van der Waals surface area contributed by atoms with E-state index in [1.165, 1.54) is 11.0 Å². The Balaban J connectivity index is 2.34. The SMILES string of the molecule is Cc1cc(C(=O)N(CCC(=O)O)C[C@@H]2CCCO2)cc(S(N)(=O)=O)c1C. The number of rotatable bonds is 7. The smallest absolute Gasteiger partial charge is 0.305 e. The van der Waals surface area contributed by atoms with E-state index in [0.29, 0.717) is 17.7 Å². The summed E-state index contributed by atoms with van der Waals surface area (Å²) in [6.07, 6.45) is 1.35. The molecule has 1 amide bonds. The number of sulfonamides is 1. The maximum absolute atomic E-state index is 12.9. The first-order valence-electron chi connectivity index (χ1n) is 8.36. The van der Waals surface area contributed by atoms with Gasteiger partial charge in [-0.25, -0.2) is 13.6 Å². The van der Waals surface area contributed by atoms with Gasteiger partial charge < -0.3 is 14.7 Å². The van der Waals surface area contributed by atoms with Crippen LogP contribution in [0.4, 0.5) is 0 Å². The first-order chi connectivity index (χ1) is 12.1. The van der Waals surface area contributed by atoms with Gasteiger partial charge in [-0.2, -0.15) is 0 Å². The van der Waals surface area contributed by atoms with Crippen molar-refractivity contribution >= 4 is 21.9 Å². The van der Waals surface area contributed by atoms with Crippen LogP contribution in [0.25, 0.3) is 0 Å². The summed E-state index contributed by atoms with van der Waals surface area (Å²) in [5.74, 6) is -1.45. The molecule has 1 fully saturated rings. The van der Waals surface area contributed by atoms with Crippen LogP contribution in [0.2, 0.25) is 0 Å². The second-order valence-corrected chi connectivity index (χ2v) is 8.02. The monoisotopic (exact) mass is 384 g/mol. The van der Waals surface area contributed by atoms with E-state index in [0.717, 1.165) is 12.8 Å². The molecule has 144 valence electrons. The van der Waals surface area contributed by atoms with E-state index in [9.17, 15) is 18.0 Å². The second-order valence-electron chi connectivity index (χ2n) is 6.49.